The third kappa shape index (κ3) is 1.82. The van der Waals surface area contributed by atoms with Crippen molar-refractivity contribution in [1.29, 1.82) is 0 Å². The largest absolute Gasteiger partial charge is 0.274 e. The van der Waals surface area contributed by atoms with Gasteiger partial charge in [0.1, 0.15) is 0 Å². The van der Waals surface area contributed by atoms with Crippen molar-refractivity contribution < 1.29 is 9.59 Å². The molecule has 2 aromatic heterocycles. The molecule has 100 valence electrons. The second kappa shape index (κ2) is 4.41. The molecule has 0 N–H and O–H groups in total. The molecule has 6 heteroatoms. The molecule has 0 atom stereocenters. The molecule has 0 spiro atoms. The molecule has 0 bridgehead atoms. The van der Waals surface area contributed by atoms with Gasteiger partial charge in [0.15, 0.2) is 0 Å². The highest BCUT2D eigenvalue weighted by atomic mass is 16.2. The fourth-order valence-corrected chi connectivity index (χ4v) is 2.14. The summed E-state index contributed by atoms with van der Waals surface area (Å²) in [5.41, 5.74) is 2.16. The van der Waals surface area contributed by atoms with E-state index in [9.17, 15) is 9.59 Å². The number of aryl methyl sites for hydroxylation is 1. The molecular formula is C14H12N4O2. The van der Waals surface area contributed by atoms with Crippen LogP contribution in [0, 0.1) is 6.92 Å². The Morgan fingerprint density at radius 1 is 1.35 bits per heavy atom. The number of carbonyl (C=O) groups is 2. The van der Waals surface area contributed by atoms with E-state index >= 15 is 0 Å². The van der Waals surface area contributed by atoms with Gasteiger partial charge in [0.05, 0.1) is 35.9 Å². The summed E-state index contributed by atoms with van der Waals surface area (Å²) >= 11 is 0. The van der Waals surface area contributed by atoms with Gasteiger partial charge in [-0.25, -0.2) is 9.58 Å². The molecular weight excluding hydrogens is 256 g/mol. The number of pyridine rings is 1. The maximum atomic E-state index is 12.0. The Morgan fingerprint density at radius 2 is 2.15 bits per heavy atom. The van der Waals surface area contributed by atoms with Crippen molar-refractivity contribution in [2.75, 3.05) is 4.90 Å². The Labute approximate surface area is 115 Å². The molecule has 0 aliphatic carbocycles. The van der Waals surface area contributed by atoms with Crippen molar-refractivity contribution in [3.8, 4) is 5.69 Å². The van der Waals surface area contributed by atoms with E-state index in [2.05, 4.69) is 16.7 Å². The summed E-state index contributed by atoms with van der Waals surface area (Å²) in [4.78, 5) is 29.0. The van der Waals surface area contributed by atoms with Gasteiger partial charge in [-0.2, -0.15) is 5.10 Å². The highest BCUT2D eigenvalue weighted by Gasteiger charge is 2.35. The minimum Gasteiger partial charge on any atom is -0.274 e. The van der Waals surface area contributed by atoms with Crippen molar-refractivity contribution in [3.63, 3.8) is 0 Å². The van der Waals surface area contributed by atoms with Crippen molar-refractivity contribution in [2.45, 2.75) is 13.3 Å². The standard InChI is InChI=1S/C14H12N4O2/c1-9-6-13(19)18(14(9)20)12-8-17(16-10(12)2)11-4-3-5-15-7-11/h3-5,7-8H,1,6H2,2H3. The van der Waals surface area contributed by atoms with Gasteiger partial charge in [-0.05, 0) is 19.1 Å². The average molecular weight is 268 g/mol. The van der Waals surface area contributed by atoms with Gasteiger partial charge < -0.3 is 0 Å². The fraction of sp³-hybridized carbons (Fsp3) is 0.143. The summed E-state index contributed by atoms with van der Waals surface area (Å²) < 4.78 is 1.60. The quantitative estimate of drug-likeness (QED) is 0.610. The zero-order valence-corrected chi connectivity index (χ0v) is 10.9. The number of aromatic nitrogens is 3. The van der Waals surface area contributed by atoms with Gasteiger partial charge >= 0.3 is 0 Å². The lowest BCUT2D eigenvalue weighted by Gasteiger charge is -2.11. The van der Waals surface area contributed by atoms with E-state index in [0.29, 0.717) is 17.0 Å². The van der Waals surface area contributed by atoms with Gasteiger partial charge in [0, 0.05) is 11.8 Å². The molecule has 2 aromatic rings. The molecule has 1 aliphatic heterocycles. The first-order chi connectivity index (χ1) is 9.58. The molecule has 3 rings (SSSR count). The number of nitrogens with zero attached hydrogens (tertiary/aromatic N) is 4. The van der Waals surface area contributed by atoms with E-state index < -0.39 is 0 Å². The number of imide groups is 1. The minimum absolute atomic E-state index is 0.0658. The predicted octanol–water partition coefficient (Wildman–Crippen LogP) is 1.40. The molecule has 0 saturated carbocycles. The van der Waals surface area contributed by atoms with Gasteiger partial charge in [-0.15, -0.1) is 0 Å². The monoisotopic (exact) mass is 268 g/mol. The van der Waals surface area contributed by atoms with E-state index in [1.54, 1.807) is 36.3 Å². The smallest absolute Gasteiger partial charge is 0.261 e. The Balaban J connectivity index is 2.04. The lowest BCUT2D eigenvalue weighted by atomic mass is 10.3. The van der Waals surface area contributed by atoms with E-state index in [-0.39, 0.29) is 18.2 Å². The molecule has 0 unspecified atom stereocenters. The van der Waals surface area contributed by atoms with Gasteiger partial charge in [0.25, 0.3) is 5.91 Å². The maximum absolute atomic E-state index is 12.0. The summed E-state index contributed by atoms with van der Waals surface area (Å²) in [7, 11) is 0. The van der Waals surface area contributed by atoms with Crippen molar-refractivity contribution in [3.05, 3.63) is 48.6 Å². The van der Waals surface area contributed by atoms with Crippen LogP contribution in [0.1, 0.15) is 12.1 Å². The van der Waals surface area contributed by atoms with Crippen LogP contribution in [0.4, 0.5) is 5.69 Å². The summed E-state index contributed by atoms with van der Waals surface area (Å²) in [6.07, 6.45) is 5.04. The third-order valence-corrected chi connectivity index (χ3v) is 3.14. The second-order valence-corrected chi connectivity index (χ2v) is 4.57. The summed E-state index contributed by atoms with van der Waals surface area (Å²) in [6, 6.07) is 3.63. The van der Waals surface area contributed by atoms with Crippen LogP contribution in [0.25, 0.3) is 5.69 Å². The SMILES string of the molecule is C=C1CC(=O)N(c2cn(-c3cccnc3)nc2C)C1=O. The van der Waals surface area contributed by atoms with Crippen molar-refractivity contribution >= 4 is 17.5 Å². The van der Waals surface area contributed by atoms with Crippen LogP contribution in [0.2, 0.25) is 0 Å². The normalized spacial score (nSPS) is 15.2. The van der Waals surface area contributed by atoms with Crippen molar-refractivity contribution in [2.24, 2.45) is 0 Å². The van der Waals surface area contributed by atoms with Crippen LogP contribution >= 0.6 is 0 Å². The molecule has 0 aromatic carbocycles. The Morgan fingerprint density at radius 3 is 2.75 bits per heavy atom. The number of amides is 2. The fourth-order valence-electron chi connectivity index (χ4n) is 2.14. The van der Waals surface area contributed by atoms with Crippen LogP contribution in [0.5, 0.6) is 0 Å². The molecule has 1 fully saturated rings. The van der Waals surface area contributed by atoms with E-state index in [1.165, 1.54) is 0 Å². The van der Waals surface area contributed by atoms with Crippen LogP contribution in [0.15, 0.2) is 42.9 Å². The number of rotatable bonds is 2. The highest BCUT2D eigenvalue weighted by molar-refractivity contribution is 6.28. The van der Waals surface area contributed by atoms with Gasteiger partial charge in [-0.3, -0.25) is 14.6 Å². The molecule has 1 saturated heterocycles. The predicted molar refractivity (Wildman–Crippen MR) is 72.3 cm³/mol. The number of carbonyl (C=O) groups excluding carboxylic acids is 2. The summed E-state index contributed by atoms with van der Waals surface area (Å²) in [5.74, 6) is -0.627. The van der Waals surface area contributed by atoms with Crippen LogP contribution < -0.4 is 4.90 Å². The number of hydrogen-bond donors (Lipinski definition) is 0. The lowest BCUT2D eigenvalue weighted by Crippen LogP contribution is -2.29. The van der Waals surface area contributed by atoms with Gasteiger partial charge in [-0.1, -0.05) is 6.58 Å². The van der Waals surface area contributed by atoms with Crippen LogP contribution in [-0.2, 0) is 9.59 Å². The molecule has 2 amide bonds. The number of anilines is 1. The Kier molecular flexibility index (Phi) is 2.71. The number of hydrogen-bond acceptors (Lipinski definition) is 4. The van der Waals surface area contributed by atoms with E-state index in [4.69, 9.17) is 0 Å². The minimum atomic E-state index is -0.358. The molecule has 20 heavy (non-hydrogen) atoms. The van der Waals surface area contributed by atoms with E-state index in [1.807, 2.05) is 6.07 Å². The second-order valence-electron chi connectivity index (χ2n) is 4.57. The third-order valence-electron chi connectivity index (χ3n) is 3.14. The first-order valence-corrected chi connectivity index (χ1v) is 6.09. The molecule has 0 radical (unpaired) electrons. The van der Waals surface area contributed by atoms with E-state index in [0.717, 1.165) is 10.6 Å². The summed E-state index contributed by atoms with van der Waals surface area (Å²) in [6.45, 7) is 5.36. The zero-order chi connectivity index (χ0) is 14.3. The average Bonchev–Trinajstić information content (AvgIpc) is 2.92. The van der Waals surface area contributed by atoms with Crippen LogP contribution in [-0.4, -0.2) is 26.6 Å². The topological polar surface area (TPSA) is 68.1 Å². The highest BCUT2D eigenvalue weighted by Crippen LogP contribution is 2.28. The Hall–Kier alpha value is -2.76. The molecule has 3 heterocycles. The van der Waals surface area contributed by atoms with Crippen LogP contribution in [0.3, 0.4) is 0 Å². The zero-order valence-electron chi connectivity index (χ0n) is 10.9. The Bertz CT molecular complexity index is 718. The van der Waals surface area contributed by atoms with Gasteiger partial charge in [0.2, 0.25) is 5.91 Å². The van der Waals surface area contributed by atoms with Crippen molar-refractivity contribution in [1.82, 2.24) is 14.8 Å². The maximum Gasteiger partial charge on any atom is 0.261 e. The summed E-state index contributed by atoms with van der Waals surface area (Å²) in [5, 5.41) is 4.32. The lowest BCUT2D eigenvalue weighted by molar-refractivity contribution is -0.120. The molecule has 1 aliphatic rings. The molecule has 6 nitrogen and oxygen atoms in total. The first kappa shape index (κ1) is 12.3. The first-order valence-electron chi connectivity index (χ1n) is 6.09.